The van der Waals surface area contributed by atoms with Crippen LogP contribution in [0.1, 0.15) is 96.9 Å². The van der Waals surface area contributed by atoms with Crippen molar-refractivity contribution in [2.75, 3.05) is 26.2 Å². The maximum atomic E-state index is 10.1. The molecule has 2 aliphatic heterocycles. The normalized spacial score (nSPS) is 18.0. The molecule has 0 aliphatic carbocycles. The van der Waals surface area contributed by atoms with E-state index in [4.69, 9.17) is 0 Å². The van der Waals surface area contributed by atoms with Crippen LogP contribution in [0.3, 0.4) is 0 Å². The predicted octanol–water partition coefficient (Wildman–Crippen LogP) is 3.12. The van der Waals surface area contributed by atoms with E-state index in [1.54, 1.807) is 41.5 Å². The Balaban J connectivity index is -0.000000185. The molecule has 2 fully saturated rings. The molecular formula is C26H54Cu2N4O2. The first-order valence-corrected chi connectivity index (χ1v) is 12.2. The summed E-state index contributed by atoms with van der Waals surface area (Å²) in [4.78, 5) is 9.06. The Labute approximate surface area is 235 Å². The zero-order valence-electron chi connectivity index (χ0n) is 24.3. The van der Waals surface area contributed by atoms with E-state index in [-0.39, 0.29) is 34.1 Å². The fourth-order valence-electron chi connectivity index (χ4n) is 2.46. The van der Waals surface area contributed by atoms with Crippen molar-refractivity contribution in [2.45, 2.75) is 132 Å². The van der Waals surface area contributed by atoms with Crippen LogP contribution in [0, 0.1) is 13.3 Å². The molecular weight excluding hydrogens is 527 g/mol. The van der Waals surface area contributed by atoms with Gasteiger partial charge in [0, 0.05) is 50.3 Å². The second-order valence-electron chi connectivity index (χ2n) is 11.6. The summed E-state index contributed by atoms with van der Waals surface area (Å²) >= 11 is 0. The largest absolute Gasteiger partial charge is 1.00 e. The minimum absolute atomic E-state index is 0. The minimum atomic E-state index is -0.750. The average molecular weight is 582 g/mol. The van der Waals surface area contributed by atoms with Crippen molar-refractivity contribution in [1.29, 1.82) is 0 Å². The second kappa shape index (κ2) is 19.8. The van der Waals surface area contributed by atoms with Gasteiger partial charge >= 0.3 is 34.1 Å². The summed E-state index contributed by atoms with van der Waals surface area (Å²) in [5.41, 5.74) is -1.50. The van der Waals surface area contributed by atoms with Crippen molar-refractivity contribution in [3.63, 3.8) is 0 Å². The Morgan fingerprint density at radius 1 is 0.471 bits per heavy atom. The first-order chi connectivity index (χ1) is 14.2. The van der Waals surface area contributed by atoms with Crippen molar-refractivity contribution in [2.24, 2.45) is 0 Å². The van der Waals surface area contributed by atoms with Gasteiger partial charge in [0.15, 0.2) is 0 Å². The molecule has 2 saturated heterocycles. The topological polar surface area (TPSA) is 59.1 Å². The van der Waals surface area contributed by atoms with Gasteiger partial charge in [-0.25, -0.2) is 0 Å². The average Bonchev–Trinajstić information content (AvgIpc) is 3.22. The molecule has 2 aliphatic rings. The Bertz CT molecular complexity index is 383. The van der Waals surface area contributed by atoms with Crippen molar-refractivity contribution < 1.29 is 44.4 Å². The fraction of sp³-hybridized carbons (Fsp3) is 0.923. The first kappa shape index (κ1) is 41.9. The number of hydrogen-bond donors (Lipinski definition) is 0. The molecule has 0 saturated carbocycles. The van der Waals surface area contributed by atoms with E-state index in [1.807, 2.05) is 0 Å². The number of nitrogens with zero attached hydrogens (tertiary/aromatic N) is 4. The van der Waals surface area contributed by atoms with Crippen LogP contribution in [0.5, 0.6) is 0 Å². The van der Waals surface area contributed by atoms with Gasteiger partial charge in [0.1, 0.15) is 13.3 Å². The molecule has 0 aromatic rings. The van der Waals surface area contributed by atoms with Crippen LogP contribution in [0.4, 0.5) is 0 Å². The van der Waals surface area contributed by atoms with E-state index in [1.165, 1.54) is 0 Å². The van der Waals surface area contributed by atoms with Crippen molar-refractivity contribution >= 4 is 0 Å². The van der Waals surface area contributed by atoms with E-state index in [9.17, 15) is 10.2 Å². The van der Waals surface area contributed by atoms with Crippen LogP contribution >= 0.6 is 0 Å². The molecule has 4 radical (unpaired) electrons. The monoisotopic (exact) mass is 580 g/mol. The molecule has 0 bridgehead atoms. The SMILES string of the molecule is CC(C)(C)[O-].CC(C)(C)[O-].CC(C)N1[C]N(C(C)C)CC1.CC(C)N1[C]N(C(C)C)CC1.[Cu+].[Cu+]. The third kappa shape index (κ3) is 27.4. The summed E-state index contributed by atoms with van der Waals surface area (Å²) in [7, 11) is 0. The molecule has 212 valence electrons. The Kier molecular flexibility index (Phi) is 24.5. The van der Waals surface area contributed by atoms with Gasteiger partial charge in [0.25, 0.3) is 0 Å². The van der Waals surface area contributed by atoms with Gasteiger partial charge in [-0.2, -0.15) is 0 Å². The maximum Gasteiger partial charge on any atom is 1.00 e. The van der Waals surface area contributed by atoms with E-state index < -0.39 is 11.2 Å². The van der Waals surface area contributed by atoms with Gasteiger partial charge < -0.3 is 10.2 Å². The van der Waals surface area contributed by atoms with Gasteiger partial charge in [0.05, 0.1) is 0 Å². The van der Waals surface area contributed by atoms with E-state index in [0.717, 1.165) is 26.2 Å². The quantitative estimate of drug-likeness (QED) is 0.476. The van der Waals surface area contributed by atoms with Crippen LogP contribution < -0.4 is 10.2 Å². The van der Waals surface area contributed by atoms with Crippen LogP contribution in [0.2, 0.25) is 0 Å². The molecule has 6 nitrogen and oxygen atoms in total. The van der Waals surface area contributed by atoms with Crippen molar-refractivity contribution in [1.82, 2.24) is 19.6 Å². The fourth-order valence-corrected chi connectivity index (χ4v) is 2.46. The van der Waals surface area contributed by atoms with Gasteiger partial charge in [-0.1, -0.05) is 41.5 Å². The van der Waals surface area contributed by atoms with Gasteiger partial charge in [-0.15, -0.1) is 11.2 Å². The zero-order valence-corrected chi connectivity index (χ0v) is 26.2. The van der Waals surface area contributed by atoms with Gasteiger partial charge in [0.2, 0.25) is 0 Å². The third-order valence-electron chi connectivity index (χ3n) is 4.17. The van der Waals surface area contributed by atoms with E-state index in [2.05, 4.69) is 88.3 Å². The molecule has 8 heteroatoms. The number of rotatable bonds is 4. The molecule has 2 rings (SSSR count). The molecule has 0 aromatic carbocycles. The predicted molar refractivity (Wildman–Crippen MR) is 133 cm³/mol. The molecule has 0 spiro atoms. The molecule has 0 N–H and O–H groups in total. The van der Waals surface area contributed by atoms with Crippen LogP contribution in [0.25, 0.3) is 0 Å². The Morgan fingerprint density at radius 2 is 0.588 bits per heavy atom. The summed E-state index contributed by atoms with van der Waals surface area (Å²) < 4.78 is 0. The molecule has 0 atom stereocenters. The van der Waals surface area contributed by atoms with Crippen LogP contribution in [0.15, 0.2) is 0 Å². The second-order valence-corrected chi connectivity index (χ2v) is 11.6. The molecule has 34 heavy (non-hydrogen) atoms. The van der Waals surface area contributed by atoms with Crippen molar-refractivity contribution in [3.05, 3.63) is 13.3 Å². The van der Waals surface area contributed by atoms with E-state index >= 15 is 0 Å². The summed E-state index contributed by atoms with van der Waals surface area (Å²) in [5, 5.41) is 20.2. The Morgan fingerprint density at radius 3 is 0.647 bits per heavy atom. The van der Waals surface area contributed by atoms with Crippen molar-refractivity contribution in [3.8, 4) is 0 Å². The molecule has 2 heterocycles. The summed E-state index contributed by atoms with van der Waals surface area (Å²) in [5.74, 6) is 0. The molecule has 0 aromatic heterocycles. The van der Waals surface area contributed by atoms with Gasteiger partial charge in [-0.05, 0) is 55.4 Å². The summed E-state index contributed by atoms with van der Waals surface area (Å²) in [6.07, 6.45) is 0. The standard InChI is InChI=1S/2C9H18N2.2C4H9O.2Cu/c2*1-8(2)10-5-6-11(7-10)9(3)4;2*1-4(2,3)5;;/h2*8-9H,5-6H2,1-4H3;2*1-3H3;;/q;;2*-1;2*+1. The zero-order chi connectivity index (χ0) is 25.9. The molecule has 0 unspecified atom stereocenters. The summed E-state index contributed by atoms with van der Waals surface area (Å²) in [6.45, 7) is 38.7. The van der Waals surface area contributed by atoms with Gasteiger partial charge in [-0.3, -0.25) is 19.6 Å². The molecule has 0 amide bonds. The summed E-state index contributed by atoms with van der Waals surface area (Å²) in [6, 6.07) is 2.38. The van der Waals surface area contributed by atoms with Crippen LogP contribution in [-0.4, -0.2) is 81.1 Å². The van der Waals surface area contributed by atoms with E-state index in [0.29, 0.717) is 24.2 Å². The van der Waals surface area contributed by atoms with Crippen LogP contribution in [-0.2, 0) is 34.1 Å². The minimum Gasteiger partial charge on any atom is -0.850 e. The number of hydrogen-bond acceptors (Lipinski definition) is 6. The maximum absolute atomic E-state index is 10.1. The smallest absolute Gasteiger partial charge is 0.850 e. The first-order valence-electron chi connectivity index (χ1n) is 12.2. The third-order valence-corrected chi connectivity index (χ3v) is 4.17. The Hall–Kier alpha value is 0.799.